The first-order valence-electron chi connectivity index (χ1n) is 9.91. The topological polar surface area (TPSA) is 112 Å². The zero-order valence-electron chi connectivity index (χ0n) is 17.2. The van der Waals surface area contributed by atoms with Crippen LogP contribution in [0, 0.1) is 0 Å². The summed E-state index contributed by atoms with van der Waals surface area (Å²) in [5.74, 6) is 0.0108. The molecule has 0 aromatic carbocycles. The quantitative estimate of drug-likeness (QED) is 0.412. The molecule has 0 aliphatic carbocycles. The lowest BCUT2D eigenvalue weighted by molar-refractivity contribution is -0.124. The maximum atomic E-state index is 12.5. The largest absolute Gasteiger partial charge is 0.475 e. The van der Waals surface area contributed by atoms with Gasteiger partial charge in [-0.05, 0) is 42.6 Å². The summed E-state index contributed by atoms with van der Waals surface area (Å²) in [6.45, 7) is 2.07. The van der Waals surface area contributed by atoms with E-state index in [9.17, 15) is 9.59 Å². The van der Waals surface area contributed by atoms with Crippen molar-refractivity contribution < 1.29 is 9.53 Å². The summed E-state index contributed by atoms with van der Waals surface area (Å²) < 4.78 is 6.72. The Labute approximate surface area is 187 Å². The van der Waals surface area contributed by atoms with E-state index < -0.39 is 6.04 Å². The van der Waals surface area contributed by atoms with Crippen molar-refractivity contribution in [2.24, 2.45) is 0 Å². The van der Waals surface area contributed by atoms with E-state index in [0.717, 1.165) is 10.6 Å². The molecule has 1 amide bonds. The van der Waals surface area contributed by atoms with Crippen LogP contribution >= 0.6 is 11.3 Å². The third-order valence-electron chi connectivity index (χ3n) is 4.56. The minimum Gasteiger partial charge on any atom is -0.475 e. The van der Waals surface area contributed by atoms with Gasteiger partial charge < -0.3 is 10.1 Å². The molecule has 0 aliphatic rings. The maximum absolute atomic E-state index is 12.5. The van der Waals surface area contributed by atoms with Crippen LogP contribution in [0.3, 0.4) is 0 Å². The first-order chi connectivity index (χ1) is 15.6. The van der Waals surface area contributed by atoms with Gasteiger partial charge in [-0.1, -0.05) is 12.1 Å². The van der Waals surface area contributed by atoms with Crippen molar-refractivity contribution in [3.05, 3.63) is 76.5 Å². The second-order valence-corrected chi connectivity index (χ2v) is 7.71. The van der Waals surface area contributed by atoms with Gasteiger partial charge in [0.15, 0.2) is 0 Å². The average molecular weight is 449 g/mol. The number of hydrogen-bond acceptors (Lipinski definition) is 8. The summed E-state index contributed by atoms with van der Waals surface area (Å²) in [5.41, 5.74) is 1.67. The second-order valence-electron chi connectivity index (χ2n) is 6.77. The van der Waals surface area contributed by atoms with Gasteiger partial charge in [0.05, 0.1) is 17.1 Å². The van der Waals surface area contributed by atoms with Crippen LogP contribution in [-0.4, -0.2) is 44.0 Å². The van der Waals surface area contributed by atoms with Gasteiger partial charge in [0.2, 0.25) is 11.8 Å². The second kappa shape index (κ2) is 9.92. The zero-order valence-corrected chi connectivity index (χ0v) is 18.0. The number of pyridine rings is 1. The highest BCUT2D eigenvalue weighted by atomic mass is 32.1. The Kier molecular flexibility index (Phi) is 6.61. The monoisotopic (exact) mass is 448 g/mol. The van der Waals surface area contributed by atoms with E-state index in [2.05, 4.69) is 25.6 Å². The van der Waals surface area contributed by atoms with Gasteiger partial charge >= 0.3 is 0 Å². The van der Waals surface area contributed by atoms with Crippen molar-refractivity contribution in [1.29, 1.82) is 0 Å². The van der Waals surface area contributed by atoms with Crippen LogP contribution in [0.1, 0.15) is 13.0 Å². The number of ether oxygens (including phenoxy) is 1. The van der Waals surface area contributed by atoms with E-state index in [4.69, 9.17) is 4.74 Å². The molecule has 9 nitrogen and oxygen atoms in total. The van der Waals surface area contributed by atoms with Crippen molar-refractivity contribution in [2.45, 2.75) is 13.0 Å². The molecule has 10 heteroatoms. The van der Waals surface area contributed by atoms with Crippen molar-refractivity contribution in [1.82, 2.24) is 30.3 Å². The lowest BCUT2D eigenvalue weighted by atomic mass is 10.2. The average Bonchev–Trinajstić information content (AvgIpc) is 3.37. The van der Waals surface area contributed by atoms with Crippen LogP contribution in [-0.2, 0) is 4.79 Å². The first-order valence-corrected chi connectivity index (χ1v) is 10.8. The number of carbonyl (C=O) groups excluding carboxylic acids is 1. The molecule has 0 unspecified atom stereocenters. The smallest absolute Gasteiger partial charge is 0.267 e. The highest BCUT2D eigenvalue weighted by Crippen LogP contribution is 2.21. The number of amides is 1. The molecule has 162 valence electrons. The molecular weight excluding hydrogens is 428 g/mol. The van der Waals surface area contributed by atoms with Gasteiger partial charge in [0.1, 0.15) is 24.0 Å². The molecule has 0 saturated heterocycles. The molecule has 0 saturated carbocycles. The minimum atomic E-state index is -0.764. The van der Waals surface area contributed by atoms with Crippen molar-refractivity contribution in [3.63, 3.8) is 0 Å². The van der Waals surface area contributed by atoms with Crippen LogP contribution < -0.4 is 15.6 Å². The predicted octanol–water partition coefficient (Wildman–Crippen LogP) is 2.58. The van der Waals surface area contributed by atoms with E-state index in [0.29, 0.717) is 17.3 Å². The number of rotatable bonds is 8. The fourth-order valence-corrected chi connectivity index (χ4v) is 3.59. The molecular formula is C22H20N6O3S. The van der Waals surface area contributed by atoms with Crippen molar-refractivity contribution in [3.8, 4) is 27.8 Å². The van der Waals surface area contributed by atoms with Crippen LogP contribution in [0.2, 0.25) is 0 Å². The summed E-state index contributed by atoms with van der Waals surface area (Å²) in [4.78, 5) is 29.9. The maximum Gasteiger partial charge on any atom is 0.267 e. The molecule has 0 spiro atoms. The van der Waals surface area contributed by atoms with Gasteiger partial charge in [-0.2, -0.15) is 5.10 Å². The predicted molar refractivity (Wildman–Crippen MR) is 120 cm³/mol. The first kappa shape index (κ1) is 21.3. The minimum absolute atomic E-state index is 0.202. The number of thiophene rings is 1. The molecule has 4 aromatic heterocycles. The Morgan fingerprint density at radius 1 is 1.06 bits per heavy atom. The Bertz CT molecular complexity index is 1230. The number of hydrogen-bond donors (Lipinski definition) is 1. The van der Waals surface area contributed by atoms with Crippen molar-refractivity contribution >= 4 is 17.2 Å². The van der Waals surface area contributed by atoms with E-state index in [1.54, 1.807) is 31.3 Å². The summed E-state index contributed by atoms with van der Waals surface area (Å²) in [7, 11) is 0. The molecule has 4 heterocycles. The van der Waals surface area contributed by atoms with Gasteiger partial charge in [-0.3, -0.25) is 14.6 Å². The SMILES string of the molecule is C[C@H](C(=O)NCCOc1ccc(-c2ccccn2)nn1)n1nc(-c2cccs2)ccc1=O. The van der Waals surface area contributed by atoms with E-state index in [-0.39, 0.29) is 24.6 Å². The number of aromatic nitrogens is 5. The highest BCUT2D eigenvalue weighted by molar-refractivity contribution is 7.13. The number of carbonyl (C=O) groups is 1. The van der Waals surface area contributed by atoms with Gasteiger partial charge in [-0.15, -0.1) is 21.5 Å². The van der Waals surface area contributed by atoms with E-state index in [1.165, 1.54) is 22.1 Å². The van der Waals surface area contributed by atoms with Gasteiger partial charge in [0.25, 0.3) is 5.56 Å². The Hall–Kier alpha value is -3.92. The fourth-order valence-electron chi connectivity index (χ4n) is 2.89. The summed E-state index contributed by atoms with van der Waals surface area (Å²) in [6.07, 6.45) is 1.69. The molecule has 0 aliphatic heterocycles. The molecule has 1 N–H and O–H groups in total. The summed E-state index contributed by atoms with van der Waals surface area (Å²) in [5, 5.41) is 17.1. The Morgan fingerprint density at radius 2 is 1.94 bits per heavy atom. The molecule has 1 atom stereocenters. The molecule has 0 radical (unpaired) electrons. The third-order valence-corrected chi connectivity index (χ3v) is 5.46. The van der Waals surface area contributed by atoms with E-state index >= 15 is 0 Å². The highest BCUT2D eigenvalue weighted by Gasteiger charge is 2.18. The molecule has 4 aromatic rings. The summed E-state index contributed by atoms with van der Waals surface area (Å²) in [6, 6.07) is 15.1. The third kappa shape index (κ3) is 5.03. The number of nitrogens with zero attached hydrogens (tertiary/aromatic N) is 5. The zero-order chi connectivity index (χ0) is 22.3. The van der Waals surface area contributed by atoms with Crippen LogP contribution in [0.4, 0.5) is 0 Å². The van der Waals surface area contributed by atoms with Crippen molar-refractivity contribution in [2.75, 3.05) is 13.2 Å². The molecule has 0 fully saturated rings. The lowest BCUT2D eigenvalue weighted by Gasteiger charge is -2.14. The normalized spacial score (nSPS) is 11.7. The van der Waals surface area contributed by atoms with Crippen LogP contribution in [0.5, 0.6) is 5.88 Å². The standard InChI is InChI=1S/C22H20N6O3S/c1-15(28-21(29)10-8-18(27-28)19-6-4-14-32-19)22(30)24-12-13-31-20-9-7-17(25-26-20)16-5-2-3-11-23-16/h2-11,14-15H,12-13H2,1H3,(H,24,30)/t15-/m1/s1. The number of nitrogens with one attached hydrogen (secondary N) is 1. The lowest BCUT2D eigenvalue weighted by Crippen LogP contribution is -2.38. The van der Waals surface area contributed by atoms with Crippen LogP contribution in [0.25, 0.3) is 22.0 Å². The summed E-state index contributed by atoms with van der Waals surface area (Å²) >= 11 is 1.52. The Morgan fingerprint density at radius 3 is 2.66 bits per heavy atom. The fraction of sp³-hybridized carbons (Fsp3) is 0.182. The Balaban J connectivity index is 1.30. The van der Waals surface area contributed by atoms with Crippen LogP contribution in [0.15, 0.2) is 71.0 Å². The van der Waals surface area contributed by atoms with E-state index in [1.807, 2.05) is 35.7 Å². The molecule has 0 bridgehead atoms. The molecule has 32 heavy (non-hydrogen) atoms. The van der Waals surface area contributed by atoms with Gasteiger partial charge in [-0.25, -0.2) is 4.68 Å². The molecule has 4 rings (SSSR count). The van der Waals surface area contributed by atoms with Gasteiger partial charge in [0, 0.05) is 18.3 Å².